The third kappa shape index (κ3) is 5.51. The molecule has 1 amide bonds. The number of nitrogens with zero attached hydrogens (tertiary/aromatic N) is 6. The van der Waals surface area contributed by atoms with Crippen molar-refractivity contribution in [1.82, 2.24) is 29.7 Å². The highest BCUT2D eigenvalue weighted by Crippen LogP contribution is 2.34. The molecule has 0 spiro atoms. The third-order valence-electron chi connectivity index (χ3n) is 7.59. The highest BCUT2D eigenvalue weighted by molar-refractivity contribution is 6.31. The lowest BCUT2D eigenvalue weighted by molar-refractivity contribution is -0.126. The molecule has 1 N–H and O–H groups in total. The zero-order valence-electron chi connectivity index (χ0n) is 21.5. The van der Waals surface area contributed by atoms with Gasteiger partial charge in [-0.3, -0.25) is 14.5 Å². The fraction of sp³-hybridized carbons (Fsp3) is 0.538. The summed E-state index contributed by atoms with van der Waals surface area (Å²) in [6, 6.07) is 3.87. The van der Waals surface area contributed by atoms with E-state index in [1.54, 1.807) is 6.07 Å². The topological polar surface area (TPSA) is 97.9 Å². The average Bonchev–Trinajstić information content (AvgIpc) is 3.49. The second-order valence-corrected chi connectivity index (χ2v) is 10.6. The molecule has 0 aromatic carbocycles. The molecule has 0 radical (unpaired) electrons. The number of halogens is 1. The van der Waals surface area contributed by atoms with Gasteiger partial charge in [-0.05, 0) is 45.5 Å². The van der Waals surface area contributed by atoms with E-state index in [0.29, 0.717) is 68.6 Å². The van der Waals surface area contributed by atoms with E-state index in [1.807, 2.05) is 4.90 Å². The molecular formula is C26H34ClN7O3. The van der Waals surface area contributed by atoms with Crippen molar-refractivity contribution >= 4 is 23.3 Å². The minimum absolute atomic E-state index is 0.0518. The van der Waals surface area contributed by atoms with Gasteiger partial charge in [0, 0.05) is 63.0 Å². The summed E-state index contributed by atoms with van der Waals surface area (Å²) in [5, 5.41) is 0.531. The number of nitrogens with one attached hydrogen (secondary N) is 1. The zero-order chi connectivity index (χ0) is 26.1. The fourth-order valence-electron chi connectivity index (χ4n) is 5.49. The van der Waals surface area contributed by atoms with E-state index in [1.165, 1.54) is 18.6 Å². The first-order valence-corrected chi connectivity index (χ1v) is 13.2. The molecule has 2 unspecified atom stereocenters. The molecule has 3 aliphatic rings. The number of rotatable bonds is 7. The molecule has 2 aromatic heterocycles. The van der Waals surface area contributed by atoms with Crippen LogP contribution in [0.15, 0.2) is 29.6 Å². The molecule has 2 atom stereocenters. The van der Waals surface area contributed by atoms with E-state index in [4.69, 9.17) is 26.3 Å². The van der Waals surface area contributed by atoms with Crippen molar-refractivity contribution in [3.63, 3.8) is 0 Å². The van der Waals surface area contributed by atoms with E-state index >= 15 is 0 Å². The maximum Gasteiger partial charge on any atom is 0.318 e. The minimum atomic E-state index is -0.176. The lowest BCUT2D eigenvalue weighted by Gasteiger charge is -2.40. The lowest BCUT2D eigenvalue weighted by Crippen LogP contribution is -2.54. The van der Waals surface area contributed by atoms with Gasteiger partial charge in [0.1, 0.15) is 12.4 Å². The average molecular weight is 528 g/mol. The van der Waals surface area contributed by atoms with Crippen LogP contribution < -0.4 is 15.2 Å². The van der Waals surface area contributed by atoms with E-state index in [0.717, 1.165) is 30.0 Å². The maximum atomic E-state index is 12.2. The van der Waals surface area contributed by atoms with Crippen LogP contribution in [0.25, 0.3) is 0 Å². The van der Waals surface area contributed by atoms with Crippen molar-refractivity contribution in [2.75, 3.05) is 44.7 Å². The van der Waals surface area contributed by atoms with E-state index in [2.05, 4.69) is 40.2 Å². The van der Waals surface area contributed by atoms with Gasteiger partial charge in [-0.25, -0.2) is 0 Å². The smallest absolute Gasteiger partial charge is 0.318 e. The standard InChI is InChI=1S/C26H34ClN7O3/c1-4-24(36)33-10-11-34(17(2)12-33)25-19-13-32(15-22-20(27)7-8-23(35)28-22)14-21(19)29-26(30-25)37-16-18-6-5-9-31(18)3/h4,7-8,17-18H,1,5-6,9-16H2,2-3H3,(H,28,35). The van der Waals surface area contributed by atoms with Gasteiger partial charge in [0.05, 0.1) is 16.4 Å². The SMILES string of the molecule is C=CC(=O)N1CCN(c2nc(OCC3CCCN3C)nc3c2CN(Cc2[nH]c(=O)ccc2Cl)C3)C(C)C1. The molecule has 3 aliphatic heterocycles. The Balaban J connectivity index is 1.40. The Bertz CT molecular complexity index is 1240. The molecule has 5 heterocycles. The lowest BCUT2D eigenvalue weighted by atomic mass is 10.1. The highest BCUT2D eigenvalue weighted by Gasteiger charge is 2.33. The Hall–Kier alpha value is -2.95. The molecule has 198 valence electrons. The van der Waals surface area contributed by atoms with Crippen LogP contribution in [-0.4, -0.2) is 87.5 Å². The molecule has 2 aromatic rings. The first kappa shape index (κ1) is 25.7. The van der Waals surface area contributed by atoms with Crippen LogP contribution in [-0.2, 0) is 24.4 Å². The van der Waals surface area contributed by atoms with Crippen molar-refractivity contribution in [3.05, 3.63) is 57.1 Å². The van der Waals surface area contributed by atoms with Gasteiger partial charge in [0.2, 0.25) is 11.5 Å². The number of likely N-dealkylation sites (N-methyl/N-ethyl adjacent to an activating group) is 1. The number of amides is 1. The number of carbonyl (C=O) groups is 1. The fourth-order valence-corrected chi connectivity index (χ4v) is 5.66. The van der Waals surface area contributed by atoms with Gasteiger partial charge in [-0.2, -0.15) is 9.97 Å². The molecule has 11 heteroatoms. The number of H-pyrrole nitrogens is 1. The molecule has 37 heavy (non-hydrogen) atoms. The Labute approximate surface area is 221 Å². The Kier molecular flexibility index (Phi) is 7.50. The molecule has 0 aliphatic carbocycles. The number of likely N-dealkylation sites (tertiary alicyclic amines) is 1. The van der Waals surface area contributed by atoms with Gasteiger partial charge in [-0.1, -0.05) is 18.2 Å². The molecule has 2 saturated heterocycles. The summed E-state index contributed by atoms with van der Waals surface area (Å²) < 4.78 is 6.16. The van der Waals surface area contributed by atoms with Gasteiger partial charge in [0.25, 0.3) is 0 Å². The van der Waals surface area contributed by atoms with Crippen molar-refractivity contribution in [1.29, 1.82) is 0 Å². The van der Waals surface area contributed by atoms with Gasteiger partial charge in [0.15, 0.2) is 0 Å². The summed E-state index contributed by atoms with van der Waals surface area (Å²) in [6.07, 6.45) is 3.65. The summed E-state index contributed by atoms with van der Waals surface area (Å²) in [6.45, 7) is 10.9. The van der Waals surface area contributed by atoms with Crippen molar-refractivity contribution in [3.8, 4) is 6.01 Å². The van der Waals surface area contributed by atoms with E-state index in [-0.39, 0.29) is 17.5 Å². The first-order chi connectivity index (χ1) is 17.8. The Morgan fingerprint density at radius 1 is 1.27 bits per heavy atom. The predicted molar refractivity (Wildman–Crippen MR) is 142 cm³/mol. The minimum Gasteiger partial charge on any atom is -0.462 e. The summed E-state index contributed by atoms with van der Waals surface area (Å²) in [5.41, 5.74) is 2.48. The Morgan fingerprint density at radius 2 is 2.11 bits per heavy atom. The number of hydrogen-bond donors (Lipinski definition) is 1. The normalized spacial score (nSPS) is 22.4. The maximum absolute atomic E-state index is 12.2. The van der Waals surface area contributed by atoms with Crippen LogP contribution in [0.2, 0.25) is 5.02 Å². The monoisotopic (exact) mass is 527 g/mol. The van der Waals surface area contributed by atoms with E-state index < -0.39 is 0 Å². The number of ether oxygens (including phenoxy) is 1. The van der Waals surface area contributed by atoms with Gasteiger partial charge in [-0.15, -0.1) is 0 Å². The highest BCUT2D eigenvalue weighted by atomic mass is 35.5. The van der Waals surface area contributed by atoms with Crippen LogP contribution in [0.3, 0.4) is 0 Å². The molecular weight excluding hydrogens is 494 g/mol. The molecule has 2 fully saturated rings. The summed E-state index contributed by atoms with van der Waals surface area (Å²) in [5.74, 6) is 0.803. The van der Waals surface area contributed by atoms with Crippen LogP contribution in [0, 0.1) is 0 Å². The quantitative estimate of drug-likeness (QED) is 0.546. The molecule has 10 nitrogen and oxygen atoms in total. The van der Waals surface area contributed by atoms with Crippen LogP contribution in [0.1, 0.15) is 36.7 Å². The van der Waals surface area contributed by atoms with Crippen LogP contribution in [0.5, 0.6) is 6.01 Å². The van der Waals surface area contributed by atoms with E-state index in [9.17, 15) is 9.59 Å². The van der Waals surface area contributed by atoms with Crippen molar-refractivity contribution < 1.29 is 9.53 Å². The first-order valence-electron chi connectivity index (χ1n) is 12.8. The van der Waals surface area contributed by atoms with Crippen LogP contribution >= 0.6 is 11.6 Å². The number of piperazine rings is 1. The summed E-state index contributed by atoms with van der Waals surface area (Å²) >= 11 is 6.35. The van der Waals surface area contributed by atoms with Crippen LogP contribution in [0.4, 0.5) is 5.82 Å². The number of carbonyl (C=O) groups excluding carboxylic acids is 1. The number of aromatic nitrogens is 3. The Morgan fingerprint density at radius 3 is 2.84 bits per heavy atom. The number of pyridine rings is 1. The predicted octanol–water partition coefficient (Wildman–Crippen LogP) is 2.03. The largest absolute Gasteiger partial charge is 0.462 e. The summed E-state index contributed by atoms with van der Waals surface area (Å²) in [4.78, 5) is 45.2. The third-order valence-corrected chi connectivity index (χ3v) is 7.95. The number of aromatic amines is 1. The molecule has 0 bridgehead atoms. The summed E-state index contributed by atoms with van der Waals surface area (Å²) in [7, 11) is 2.12. The number of hydrogen-bond acceptors (Lipinski definition) is 8. The molecule has 0 saturated carbocycles. The number of fused-ring (bicyclic) bond motifs is 1. The van der Waals surface area contributed by atoms with Crippen molar-refractivity contribution in [2.24, 2.45) is 0 Å². The zero-order valence-corrected chi connectivity index (χ0v) is 22.2. The van der Waals surface area contributed by atoms with Gasteiger partial charge >= 0.3 is 6.01 Å². The number of anilines is 1. The second kappa shape index (κ2) is 10.8. The second-order valence-electron chi connectivity index (χ2n) is 10.2. The van der Waals surface area contributed by atoms with Crippen molar-refractivity contribution in [2.45, 2.75) is 51.5 Å². The molecule has 5 rings (SSSR count). The van der Waals surface area contributed by atoms with Gasteiger partial charge < -0.3 is 24.4 Å².